The van der Waals surface area contributed by atoms with Crippen molar-refractivity contribution in [3.8, 4) is 17.1 Å². The van der Waals surface area contributed by atoms with E-state index >= 15 is 0 Å². The summed E-state index contributed by atoms with van der Waals surface area (Å²) in [5, 5.41) is 8.00. The topological polar surface area (TPSA) is 59.8 Å². The number of para-hydroxylation sites is 1. The Hall–Kier alpha value is -2.66. The van der Waals surface area contributed by atoms with Crippen molar-refractivity contribution in [1.82, 2.24) is 20.1 Å². The van der Waals surface area contributed by atoms with Gasteiger partial charge in [0.15, 0.2) is 5.82 Å². The van der Waals surface area contributed by atoms with E-state index in [2.05, 4.69) is 15.4 Å². The smallest absolute Gasteiger partial charge is 0.216 e. The minimum atomic E-state index is -0.0675. The van der Waals surface area contributed by atoms with Crippen LogP contribution in [0.15, 0.2) is 54.6 Å². The van der Waals surface area contributed by atoms with Crippen LogP contribution in [0, 0.1) is 0 Å². The van der Waals surface area contributed by atoms with Gasteiger partial charge in [0.1, 0.15) is 5.82 Å². The van der Waals surface area contributed by atoms with Gasteiger partial charge in [-0.25, -0.2) is 9.67 Å². The first-order valence-corrected chi connectivity index (χ1v) is 8.03. The molecule has 1 N–H and O–H groups in total. The van der Waals surface area contributed by atoms with Crippen molar-refractivity contribution < 1.29 is 4.79 Å². The van der Waals surface area contributed by atoms with Crippen LogP contribution < -0.4 is 5.32 Å². The van der Waals surface area contributed by atoms with Gasteiger partial charge in [-0.3, -0.25) is 4.79 Å². The molecule has 0 unspecified atom stereocenters. The van der Waals surface area contributed by atoms with E-state index in [0.717, 1.165) is 17.1 Å². The minimum absolute atomic E-state index is 0.0675. The lowest BCUT2D eigenvalue weighted by atomic mass is 10.2. The number of nitrogens with one attached hydrogen (secondary N) is 1. The Labute approximate surface area is 145 Å². The molecule has 0 aliphatic heterocycles. The van der Waals surface area contributed by atoms with Gasteiger partial charge in [0.05, 0.1) is 10.7 Å². The van der Waals surface area contributed by atoms with Crippen molar-refractivity contribution in [2.24, 2.45) is 0 Å². The Morgan fingerprint density at radius 2 is 1.83 bits per heavy atom. The zero-order chi connectivity index (χ0) is 16.9. The number of carbonyl (C=O) groups excluding carboxylic acids is 1. The number of amides is 1. The van der Waals surface area contributed by atoms with Gasteiger partial charge in [0.25, 0.3) is 0 Å². The number of benzene rings is 2. The third-order valence-corrected chi connectivity index (χ3v) is 3.83. The molecule has 0 aliphatic rings. The number of aromatic nitrogens is 3. The standard InChI is InChI=1S/C18H17ClN4O/c1-13(24)20-12-11-17-21-18(14-7-3-2-4-8-14)22-23(17)16-10-6-5-9-15(16)19/h2-10H,11-12H2,1H3,(H,20,24). The monoisotopic (exact) mass is 340 g/mol. The molecule has 0 aliphatic carbocycles. The highest BCUT2D eigenvalue weighted by atomic mass is 35.5. The van der Waals surface area contributed by atoms with E-state index in [1.54, 1.807) is 4.68 Å². The van der Waals surface area contributed by atoms with Gasteiger partial charge in [-0.05, 0) is 12.1 Å². The highest BCUT2D eigenvalue weighted by molar-refractivity contribution is 6.32. The van der Waals surface area contributed by atoms with Crippen LogP contribution in [0.2, 0.25) is 5.02 Å². The lowest BCUT2D eigenvalue weighted by Crippen LogP contribution is -2.23. The molecule has 24 heavy (non-hydrogen) atoms. The highest BCUT2D eigenvalue weighted by Crippen LogP contribution is 2.23. The number of hydrogen-bond donors (Lipinski definition) is 1. The molecule has 3 aromatic rings. The van der Waals surface area contributed by atoms with Gasteiger partial charge in [-0.15, -0.1) is 5.10 Å². The summed E-state index contributed by atoms with van der Waals surface area (Å²) in [6.45, 7) is 1.99. The van der Waals surface area contributed by atoms with Gasteiger partial charge in [-0.1, -0.05) is 54.1 Å². The minimum Gasteiger partial charge on any atom is -0.356 e. The number of hydrogen-bond acceptors (Lipinski definition) is 3. The van der Waals surface area contributed by atoms with Crippen LogP contribution in [0.4, 0.5) is 0 Å². The van der Waals surface area contributed by atoms with Crippen molar-refractivity contribution in [2.45, 2.75) is 13.3 Å². The SMILES string of the molecule is CC(=O)NCCc1nc(-c2ccccc2)nn1-c1ccccc1Cl. The maximum atomic E-state index is 11.1. The van der Waals surface area contributed by atoms with Crippen LogP contribution in [0.25, 0.3) is 17.1 Å². The maximum Gasteiger partial charge on any atom is 0.216 e. The molecule has 1 aromatic heterocycles. The largest absolute Gasteiger partial charge is 0.356 e. The average molecular weight is 341 g/mol. The first-order chi connectivity index (χ1) is 11.6. The fourth-order valence-corrected chi connectivity index (χ4v) is 2.60. The molecule has 0 spiro atoms. The third-order valence-electron chi connectivity index (χ3n) is 3.51. The molecular formula is C18H17ClN4O. The predicted molar refractivity (Wildman–Crippen MR) is 94.2 cm³/mol. The normalized spacial score (nSPS) is 10.6. The Morgan fingerprint density at radius 1 is 1.12 bits per heavy atom. The molecule has 0 radical (unpaired) electrons. The number of rotatable bonds is 5. The summed E-state index contributed by atoms with van der Waals surface area (Å²) >= 11 is 6.31. The Bertz CT molecular complexity index is 845. The fraction of sp³-hybridized carbons (Fsp3) is 0.167. The molecule has 0 fully saturated rings. The molecule has 0 saturated carbocycles. The van der Waals surface area contributed by atoms with E-state index in [1.807, 2.05) is 54.6 Å². The maximum absolute atomic E-state index is 11.1. The van der Waals surface area contributed by atoms with Gasteiger partial charge in [0, 0.05) is 25.5 Å². The fourth-order valence-electron chi connectivity index (χ4n) is 2.38. The van der Waals surface area contributed by atoms with Crippen LogP contribution in [0.1, 0.15) is 12.7 Å². The summed E-state index contributed by atoms with van der Waals surface area (Å²) in [5.74, 6) is 1.31. The molecule has 1 heterocycles. The van der Waals surface area contributed by atoms with E-state index in [4.69, 9.17) is 11.6 Å². The van der Waals surface area contributed by atoms with Crippen molar-refractivity contribution in [1.29, 1.82) is 0 Å². The first kappa shape index (κ1) is 16.2. The van der Waals surface area contributed by atoms with E-state index in [9.17, 15) is 4.79 Å². The molecule has 0 saturated heterocycles. The summed E-state index contributed by atoms with van der Waals surface area (Å²) < 4.78 is 1.74. The third kappa shape index (κ3) is 3.63. The van der Waals surface area contributed by atoms with E-state index in [0.29, 0.717) is 23.8 Å². The van der Waals surface area contributed by atoms with E-state index in [1.165, 1.54) is 6.92 Å². The molecule has 0 atom stereocenters. The highest BCUT2D eigenvalue weighted by Gasteiger charge is 2.14. The second-order valence-electron chi connectivity index (χ2n) is 5.31. The molecular weight excluding hydrogens is 324 g/mol. The summed E-state index contributed by atoms with van der Waals surface area (Å²) in [6, 6.07) is 17.3. The van der Waals surface area contributed by atoms with Gasteiger partial charge >= 0.3 is 0 Å². The lowest BCUT2D eigenvalue weighted by molar-refractivity contribution is -0.118. The van der Waals surface area contributed by atoms with Crippen LogP contribution in [-0.2, 0) is 11.2 Å². The molecule has 122 valence electrons. The lowest BCUT2D eigenvalue weighted by Gasteiger charge is -2.07. The van der Waals surface area contributed by atoms with Crippen molar-refractivity contribution >= 4 is 17.5 Å². The molecule has 2 aromatic carbocycles. The number of carbonyl (C=O) groups is 1. The van der Waals surface area contributed by atoms with E-state index in [-0.39, 0.29) is 5.91 Å². The van der Waals surface area contributed by atoms with Gasteiger partial charge in [-0.2, -0.15) is 0 Å². The molecule has 3 rings (SSSR count). The summed E-state index contributed by atoms with van der Waals surface area (Å²) in [4.78, 5) is 15.7. The zero-order valence-electron chi connectivity index (χ0n) is 13.2. The number of halogens is 1. The molecule has 6 heteroatoms. The zero-order valence-corrected chi connectivity index (χ0v) is 14.0. The van der Waals surface area contributed by atoms with Crippen molar-refractivity contribution in [3.63, 3.8) is 0 Å². The van der Waals surface area contributed by atoms with Crippen molar-refractivity contribution in [3.05, 3.63) is 65.4 Å². The van der Waals surface area contributed by atoms with Gasteiger partial charge < -0.3 is 5.32 Å². The summed E-state index contributed by atoms with van der Waals surface area (Å²) in [6.07, 6.45) is 0.560. The van der Waals surface area contributed by atoms with Crippen molar-refractivity contribution in [2.75, 3.05) is 6.54 Å². The Balaban J connectivity index is 2.00. The van der Waals surface area contributed by atoms with Gasteiger partial charge in [0.2, 0.25) is 5.91 Å². The van der Waals surface area contributed by atoms with Crippen LogP contribution in [-0.4, -0.2) is 27.2 Å². The second-order valence-corrected chi connectivity index (χ2v) is 5.72. The van der Waals surface area contributed by atoms with E-state index < -0.39 is 0 Å². The average Bonchev–Trinajstić information content (AvgIpc) is 3.00. The van der Waals surface area contributed by atoms with Crippen LogP contribution >= 0.6 is 11.6 Å². The van der Waals surface area contributed by atoms with Crippen LogP contribution in [0.3, 0.4) is 0 Å². The molecule has 0 bridgehead atoms. The number of nitrogens with zero attached hydrogens (tertiary/aromatic N) is 3. The molecule has 5 nitrogen and oxygen atoms in total. The predicted octanol–water partition coefficient (Wildman–Crippen LogP) is 3.27. The Kier molecular flexibility index (Phi) is 4.91. The second kappa shape index (κ2) is 7.27. The quantitative estimate of drug-likeness (QED) is 0.775. The first-order valence-electron chi connectivity index (χ1n) is 7.66. The Morgan fingerprint density at radius 3 is 2.54 bits per heavy atom. The summed E-state index contributed by atoms with van der Waals surface area (Å²) in [7, 11) is 0. The summed E-state index contributed by atoms with van der Waals surface area (Å²) in [5.41, 5.74) is 1.70. The van der Waals surface area contributed by atoms with Crippen LogP contribution in [0.5, 0.6) is 0 Å². The molecule has 1 amide bonds.